The van der Waals surface area contributed by atoms with E-state index in [0.29, 0.717) is 12.4 Å². The summed E-state index contributed by atoms with van der Waals surface area (Å²) in [4.78, 5) is 0. The van der Waals surface area contributed by atoms with Gasteiger partial charge in [0.05, 0.1) is 6.54 Å². The first-order valence-corrected chi connectivity index (χ1v) is 5.74. The lowest BCUT2D eigenvalue weighted by Crippen LogP contribution is -2.14. The van der Waals surface area contributed by atoms with Gasteiger partial charge >= 0.3 is 0 Å². The number of aromatic amines is 1. The third kappa shape index (κ3) is 1.98. The Morgan fingerprint density at radius 2 is 2.17 bits per heavy atom. The van der Waals surface area contributed by atoms with E-state index in [0.717, 1.165) is 23.3 Å². The lowest BCUT2D eigenvalue weighted by atomic mass is 10.1. The Kier molecular flexibility index (Phi) is 2.77. The van der Waals surface area contributed by atoms with Crippen molar-refractivity contribution in [3.8, 4) is 0 Å². The molecule has 0 radical (unpaired) electrons. The van der Waals surface area contributed by atoms with Gasteiger partial charge in [0, 0.05) is 17.5 Å². The van der Waals surface area contributed by atoms with Gasteiger partial charge in [-0.2, -0.15) is 5.21 Å². The quantitative estimate of drug-likeness (QED) is 0.726. The van der Waals surface area contributed by atoms with Gasteiger partial charge in [0.15, 0.2) is 5.82 Å². The Bertz CT molecular complexity index is 644. The van der Waals surface area contributed by atoms with Crippen LogP contribution in [0.25, 0.3) is 11.0 Å². The SMILES string of the molecule is Cc1oc2ccccc2c1CNCc1nn[nH]n1. The molecule has 0 unspecified atom stereocenters. The summed E-state index contributed by atoms with van der Waals surface area (Å²) in [7, 11) is 0. The number of tetrazole rings is 1. The average molecular weight is 243 g/mol. The van der Waals surface area contributed by atoms with Crippen LogP contribution in [0.5, 0.6) is 0 Å². The van der Waals surface area contributed by atoms with Crippen LogP contribution in [-0.4, -0.2) is 20.6 Å². The minimum atomic E-state index is 0.579. The summed E-state index contributed by atoms with van der Waals surface area (Å²) in [6.45, 7) is 3.28. The monoisotopic (exact) mass is 243 g/mol. The van der Waals surface area contributed by atoms with E-state index in [1.165, 1.54) is 5.56 Å². The first-order valence-electron chi connectivity index (χ1n) is 5.74. The molecule has 0 saturated carbocycles. The standard InChI is InChI=1S/C12H13N5O/c1-8-10(6-13-7-12-14-16-17-15-12)9-4-2-3-5-11(9)18-8/h2-5,13H,6-7H2,1H3,(H,14,15,16,17). The second kappa shape index (κ2) is 4.58. The Balaban J connectivity index is 1.76. The predicted octanol–water partition coefficient (Wildman–Crippen LogP) is 1.54. The van der Waals surface area contributed by atoms with Gasteiger partial charge in [-0.3, -0.25) is 0 Å². The number of nitrogens with one attached hydrogen (secondary N) is 2. The minimum Gasteiger partial charge on any atom is -0.461 e. The van der Waals surface area contributed by atoms with Gasteiger partial charge in [0.1, 0.15) is 11.3 Å². The summed E-state index contributed by atoms with van der Waals surface area (Å²) in [5.74, 6) is 1.59. The zero-order chi connectivity index (χ0) is 12.4. The molecule has 0 aliphatic heterocycles. The van der Waals surface area contributed by atoms with Crippen LogP contribution in [0.1, 0.15) is 17.1 Å². The van der Waals surface area contributed by atoms with Crippen LogP contribution in [-0.2, 0) is 13.1 Å². The van der Waals surface area contributed by atoms with Crippen LogP contribution in [0, 0.1) is 6.92 Å². The van der Waals surface area contributed by atoms with Crippen LogP contribution >= 0.6 is 0 Å². The Morgan fingerprint density at radius 1 is 1.28 bits per heavy atom. The number of nitrogens with zero attached hydrogens (tertiary/aromatic N) is 3. The van der Waals surface area contributed by atoms with E-state index >= 15 is 0 Å². The van der Waals surface area contributed by atoms with Crippen molar-refractivity contribution in [1.29, 1.82) is 0 Å². The van der Waals surface area contributed by atoms with Crippen LogP contribution in [0.3, 0.4) is 0 Å². The average Bonchev–Trinajstić information content (AvgIpc) is 2.98. The Hall–Kier alpha value is -2.21. The molecule has 0 bridgehead atoms. The molecule has 0 aliphatic carbocycles. The van der Waals surface area contributed by atoms with Gasteiger partial charge in [0.25, 0.3) is 0 Å². The molecule has 0 amide bonds. The molecule has 2 N–H and O–H groups in total. The largest absolute Gasteiger partial charge is 0.461 e. The molecule has 6 heteroatoms. The first-order chi connectivity index (χ1) is 8.84. The molecule has 0 atom stereocenters. The van der Waals surface area contributed by atoms with Crippen LogP contribution in [0.2, 0.25) is 0 Å². The smallest absolute Gasteiger partial charge is 0.188 e. The fourth-order valence-electron chi connectivity index (χ4n) is 2.00. The molecule has 18 heavy (non-hydrogen) atoms. The lowest BCUT2D eigenvalue weighted by Gasteiger charge is -2.01. The molecule has 2 aromatic heterocycles. The highest BCUT2D eigenvalue weighted by atomic mass is 16.3. The minimum absolute atomic E-state index is 0.579. The predicted molar refractivity (Wildman–Crippen MR) is 65.7 cm³/mol. The van der Waals surface area contributed by atoms with Gasteiger partial charge < -0.3 is 9.73 Å². The van der Waals surface area contributed by atoms with Crippen molar-refractivity contribution in [2.75, 3.05) is 0 Å². The highest BCUT2D eigenvalue weighted by Crippen LogP contribution is 2.24. The van der Waals surface area contributed by atoms with Gasteiger partial charge in [-0.1, -0.05) is 23.4 Å². The fraction of sp³-hybridized carbons (Fsp3) is 0.250. The van der Waals surface area contributed by atoms with E-state index < -0.39 is 0 Å². The van der Waals surface area contributed by atoms with Crippen molar-refractivity contribution in [3.05, 3.63) is 41.4 Å². The molecule has 0 fully saturated rings. The number of rotatable bonds is 4. The summed E-state index contributed by atoms with van der Waals surface area (Å²) in [6.07, 6.45) is 0. The number of benzene rings is 1. The van der Waals surface area contributed by atoms with Crippen molar-refractivity contribution < 1.29 is 4.42 Å². The molecule has 6 nitrogen and oxygen atoms in total. The van der Waals surface area contributed by atoms with Crippen molar-refractivity contribution in [2.45, 2.75) is 20.0 Å². The van der Waals surface area contributed by atoms with Crippen molar-refractivity contribution in [3.63, 3.8) is 0 Å². The van der Waals surface area contributed by atoms with E-state index in [-0.39, 0.29) is 0 Å². The first kappa shape index (κ1) is 10.9. The number of hydrogen-bond donors (Lipinski definition) is 2. The highest BCUT2D eigenvalue weighted by molar-refractivity contribution is 5.82. The lowest BCUT2D eigenvalue weighted by molar-refractivity contribution is 0.563. The van der Waals surface area contributed by atoms with Crippen LogP contribution in [0.4, 0.5) is 0 Å². The summed E-state index contributed by atoms with van der Waals surface area (Å²) >= 11 is 0. The molecule has 0 saturated heterocycles. The highest BCUT2D eigenvalue weighted by Gasteiger charge is 2.09. The van der Waals surface area contributed by atoms with Gasteiger partial charge in [0.2, 0.25) is 0 Å². The Morgan fingerprint density at radius 3 is 3.00 bits per heavy atom. The topological polar surface area (TPSA) is 79.6 Å². The molecule has 3 rings (SSSR count). The Labute approximate surface area is 103 Å². The number of hydrogen-bond acceptors (Lipinski definition) is 5. The molecule has 92 valence electrons. The van der Waals surface area contributed by atoms with E-state index in [1.807, 2.05) is 25.1 Å². The molecule has 3 aromatic rings. The van der Waals surface area contributed by atoms with E-state index in [9.17, 15) is 0 Å². The molecule has 1 aromatic carbocycles. The maximum Gasteiger partial charge on any atom is 0.188 e. The van der Waals surface area contributed by atoms with E-state index in [2.05, 4.69) is 32.0 Å². The number of furan rings is 1. The summed E-state index contributed by atoms with van der Waals surface area (Å²) in [5, 5.41) is 18.1. The van der Waals surface area contributed by atoms with Crippen LogP contribution in [0.15, 0.2) is 28.7 Å². The van der Waals surface area contributed by atoms with Gasteiger partial charge in [-0.05, 0) is 13.0 Å². The van der Waals surface area contributed by atoms with Gasteiger partial charge in [-0.25, -0.2) is 0 Å². The number of H-pyrrole nitrogens is 1. The molecule has 0 aliphatic rings. The maximum atomic E-state index is 5.70. The summed E-state index contributed by atoms with van der Waals surface area (Å²) < 4.78 is 5.70. The molecular formula is C12H13N5O. The van der Waals surface area contributed by atoms with Crippen LogP contribution < -0.4 is 5.32 Å². The van der Waals surface area contributed by atoms with E-state index in [1.54, 1.807) is 0 Å². The normalized spacial score (nSPS) is 11.2. The second-order valence-electron chi connectivity index (χ2n) is 4.06. The van der Waals surface area contributed by atoms with Gasteiger partial charge in [-0.15, -0.1) is 10.2 Å². The summed E-state index contributed by atoms with van der Waals surface area (Å²) in [6, 6.07) is 8.03. The zero-order valence-corrected chi connectivity index (χ0v) is 9.97. The van der Waals surface area contributed by atoms with Crippen molar-refractivity contribution in [1.82, 2.24) is 25.9 Å². The summed E-state index contributed by atoms with van der Waals surface area (Å²) in [5.41, 5.74) is 2.10. The molecular weight excluding hydrogens is 230 g/mol. The zero-order valence-electron chi connectivity index (χ0n) is 9.97. The number of fused-ring (bicyclic) bond motifs is 1. The van der Waals surface area contributed by atoms with Crippen molar-refractivity contribution >= 4 is 11.0 Å². The van der Waals surface area contributed by atoms with E-state index in [4.69, 9.17) is 4.42 Å². The number of aromatic nitrogens is 4. The fourth-order valence-corrected chi connectivity index (χ4v) is 2.00. The number of para-hydroxylation sites is 1. The maximum absolute atomic E-state index is 5.70. The van der Waals surface area contributed by atoms with Crippen molar-refractivity contribution in [2.24, 2.45) is 0 Å². The number of aryl methyl sites for hydroxylation is 1. The third-order valence-corrected chi connectivity index (χ3v) is 2.87. The second-order valence-corrected chi connectivity index (χ2v) is 4.06. The molecule has 0 spiro atoms. The third-order valence-electron chi connectivity index (χ3n) is 2.87. The molecule has 2 heterocycles.